The standard InChI is InChI=1S/C15H18BrN9/c1-2-17-14-12(16)8-18-15(22-14)21-13-7-10(9-24-19-5-6-20-24)23-25(13)11-3-4-11/h5-8,11H,2-4,9H2,1H3,(H2,17,18,21,22). The average Bonchev–Trinajstić information content (AvgIpc) is 3.18. The van der Waals surface area contributed by atoms with Crippen molar-refractivity contribution >= 4 is 33.5 Å². The fourth-order valence-electron chi connectivity index (χ4n) is 2.52. The van der Waals surface area contributed by atoms with E-state index in [1.165, 1.54) is 0 Å². The summed E-state index contributed by atoms with van der Waals surface area (Å²) in [6.45, 7) is 3.35. The molecule has 0 aromatic carbocycles. The molecule has 1 aliphatic carbocycles. The molecular formula is C15H18BrN9. The van der Waals surface area contributed by atoms with Crippen molar-refractivity contribution in [2.24, 2.45) is 0 Å². The summed E-state index contributed by atoms with van der Waals surface area (Å²) in [6, 6.07) is 2.44. The van der Waals surface area contributed by atoms with E-state index in [0.717, 1.165) is 41.2 Å². The van der Waals surface area contributed by atoms with Crippen LogP contribution < -0.4 is 10.6 Å². The van der Waals surface area contributed by atoms with Crippen molar-refractivity contribution in [3.8, 4) is 0 Å². The maximum absolute atomic E-state index is 4.69. The Labute approximate surface area is 153 Å². The lowest BCUT2D eigenvalue weighted by molar-refractivity contribution is 0.562. The van der Waals surface area contributed by atoms with E-state index in [4.69, 9.17) is 5.10 Å². The summed E-state index contributed by atoms with van der Waals surface area (Å²) in [5.41, 5.74) is 0.898. The van der Waals surface area contributed by atoms with Gasteiger partial charge in [-0.25, -0.2) is 9.67 Å². The Morgan fingerprint density at radius 2 is 2.08 bits per heavy atom. The molecule has 1 saturated carbocycles. The van der Waals surface area contributed by atoms with Crippen molar-refractivity contribution in [2.75, 3.05) is 17.2 Å². The largest absolute Gasteiger partial charge is 0.369 e. The van der Waals surface area contributed by atoms with Crippen LogP contribution in [0.1, 0.15) is 31.5 Å². The van der Waals surface area contributed by atoms with Crippen molar-refractivity contribution in [2.45, 2.75) is 32.4 Å². The summed E-state index contributed by atoms with van der Waals surface area (Å²) in [5.74, 6) is 2.18. The molecule has 0 amide bonds. The van der Waals surface area contributed by atoms with Crippen molar-refractivity contribution < 1.29 is 0 Å². The monoisotopic (exact) mass is 403 g/mol. The molecule has 3 heterocycles. The normalized spacial score (nSPS) is 13.8. The first kappa shape index (κ1) is 16.0. The van der Waals surface area contributed by atoms with Gasteiger partial charge in [0.1, 0.15) is 18.2 Å². The van der Waals surface area contributed by atoms with Crippen molar-refractivity contribution in [3.05, 3.63) is 34.8 Å². The van der Waals surface area contributed by atoms with Gasteiger partial charge in [0.15, 0.2) is 0 Å². The van der Waals surface area contributed by atoms with Gasteiger partial charge in [0.2, 0.25) is 5.95 Å². The minimum Gasteiger partial charge on any atom is -0.369 e. The third-order valence-corrected chi connectivity index (χ3v) is 4.36. The number of nitrogens with zero attached hydrogens (tertiary/aromatic N) is 7. The van der Waals surface area contributed by atoms with Gasteiger partial charge in [-0.15, -0.1) is 0 Å². The van der Waals surface area contributed by atoms with Gasteiger partial charge >= 0.3 is 0 Å². The highest BCUT2D eigenvalue weighted by atomic mass is 79.9. The fraction of sp³-hybridized carbons (Fsp3) is 0.400. The SMILES string of the molecule is CCNc1nc(Nc2cc(Cn3nccn3)nn2C2CC2)ncc1Br. The van der Waals surface area contributed by atoms with E-state index in [2.05, 4.69) is 46.7 Å². The van der Waals surface area contributed by atoms with Gasteiger partial charge in [-0.2, -0.15) is 25.1 Å². The zero-order valence-corrected chi connectivity index (χ0v) is 15.3. The fourth-order valence-corrected chi connectivity index (χ4v) is 2.85. The minimum absolute atomic E-state index is 0.436. The van der Waals surface area contributed by atoms with E-state index in [0.29, 0.717) is 18.5 Å². The Bertz CT molecular complexity index is 854. The highest BCUT2D eigenvalue weighted by Gasteiger charge is 2.28. The number of anilines is 3. The maximum Gasteiger partial charge on any atom is 0.230 e. The summed E-state index contributed by atoms with van der Waals surface area (Å²) >= 11 is 3.45. The first-order chi connectivity index (χ1) is 12.2. The van der Waals surface area contributed by atoms with E-state index in [1.54, 1.807) is 23.4 Å². The lowest BCUT2D eigenvalue weighted by Gasteiger charge is -2.10. The van der Waals surface area contributed by atoms with E-state index >= 15 is 0 Å². The van der Waals surface area contributed by atoms with Gasteiger partial charge in [0, 0.05) is 18.8 Å². The van der Waals surface area contributed by atoms with Crippen LogP contribution in [0, 0.1) is 0 Å². The highest BCUT2D eigenvalue weighted by Crippen LogP contribution is 2.37. The molecule has 130 valence electrons. The Hall–Kier alpha value is -2.49. The van der Waals surface area contributed by atoms with Gasteiger partial charge in [-0.05, 0) is 35.7 Å². The third-order valence-electron chi connectivity index (χ3n) is 3.78. The second-order valence-electron chi connectivity index (χ2n) is 5.80. The summed E-state index contributed by atoms with van der Waals surface area (Å²) in [6.07, 6.45) is 7.34. The van der Waals surface area contributed by atoms with Gasteiger partial charge in [0.05, 0.1) is 28.6 Å². The number of rotatable bonds is 7. The third kappa shape index (κ3) is 3.63. The number of hydrogen-bond acceptors (Lipinski definition) is 7. The Morgan fingerprint density at radius 3 is 2.80 bits per heavy atom. The van der Waals surface area contributed by atoms with Crippen molar-refractivity contribution in [1.82, 2.24) is 34.7 Å². The maximum atomic E-state index is 4.69. The van der Waals surface area contributed by atoms with E-state index < -0.39 is 0 Å². The predicted molar refractivity (Wildman–Crippen MR) is 96.8 cm³/mol. The van der Waals surface area contributed by atoms with Crippen LogP contribution in [-0.4, -0.2) is 41.3 Å². The molecule has 0 aliphatic heterocycles. The lowest BCUT2D eigenvalue weighted by Crippen LogP contribution is -2.08. The molecule has 9 nitrogen and oxygen atoms in total. The predicted octanol–water partition coefficient (Wildman–Crippen LogP) is 2.59. The zero-order valence-electron chi connectivity index (χ0n) is 13.7. The average molecular weight is 404 g/mol. The smallest absolute Gasteiger partial charge is 0.230 e. The number of nitrogens with one attached hydrogen (secondary N) is 2. The molecule has 0 saturated heterocycles. The molecule has 0 unspecified atom stereocenters. The van der Waals surface area contributed by atoms with Gasteiger partial charge < -0.3 is 10.6 Å². The van der Waals surface area contributed by atoms with Crippen LogP contribution in [0.4, 0.5) is 17.6 Å². The van der Waals surface area contributed by atoms with Crippen LogP contribution in [0.3, 0.4) is 0 Å². The topological polar surface area (TPSA) is 98.4 Å². The summed E-state index contributed by atoms with van der Waals surface area (Å²) < 4.78 is 2.85. The molecule has 25 heavy (non-hydrogen) atoms. The van der Waals surface area contributed by atoms with E-state index in [9.17, 15) is 0 Å². The molecular weight excluding hydrogens is 386 g/mol. The first-order valence-corrected chi connectivity index (χ1v) is 8.98. The number of halogens is 1. The first-order valence-electron chi connectivity index (χ1n) is 8.19. The molecule has 3 aromatic heterocycles. The van der Waals surface area contributed by atoms with Crippen molar-refractivity contribution in [3.63, 3.8) is 0 Å². The lowest BCUT2D eigenvalue weighted by atomic mass is 10.4. The molecule has 0 spiro atoms. The Balaban J connectivity index is 1.59. The quantitative estimate of drug-likeness (QED) is 0.625. The summed E-state index contributed by atoms with van der Waals surface area (Å²) in [7, 11) is 0. The van der Waals surface area contributed by atoms with Crippen LogP contribution in [-0.2, 0) is 6.54 Å². The molecule has 1 aliphatic rings. The summed E-state index contributed by atoms with van der Waals surface area (Å²) in [5, 5.41) is 19.5. The molecule has 10 heteroatoms. The molecule has 4 rings (SSSR count). The molecule has 1 fully saturated rings. The van der Waals surface area contributed by atoms with E-state index in [1.807, 2.05) is 17.7 Å². The molecule has 2 N–H and O–H groups in total. The van der Waals surface area contributed by atoms with Crippen molar-refractivity contribution in [1.29, 1.82) is 0 Å². The molecule has 0 atom stereocenters. The van der Waals surface area contributed by atoms with Gasteiger partial charge in [0.25, 0.3) is 0 Å². The second-order valence-corrected chi connectivity index (χ2v) is 6.66. The number of hydrogen-bond donors (Lipinski definition) is 2. The molecule has 0 bridgehead atoms. The Kier molecular flexibility index (Phi) is 4.35. The van der Waals surface area contributed by atoms with Crippen LogP contribution in [0.15, 0.2) is 29.1 Å². The van der Waals surface area contributed by atoms with Gasteiger partial charge in [-0.1, -0.05) is 0 Å². The number of aromatic nitrogens is 7. The Morgan fingerprint density at radius 1 is 1.28 bits per heavy atom. The van der Waals surface area contributed by atoms with Gasteiger partial charge in [-0.3, -0.25) is 0 Å². The highest BCUT2D eigenvalue weighted by molar-refractivity contribution is 9.10. The van der Waals surface area contributed by atoms with E-state index in [-0.39, 0.29) is 0 Å². The zero-order chi connectivity index (χ0) is 17.2. The van der Waals surface area contributed by atoms with Crippen LogP contribution >= 0.6 is 15.9 Å². The van der Waals surface area contributed by atoms with Crippen LogP contribution in [0.5, 0.6) is 0 Å². The molecule has 0 radical (unpaired) electrons. The minimum atomic E-state index is 0.436. The van der Waals surface area contributed by atoms with Crippen LogP contribution in [0.2, 0.25) is 0 Å². The van der Waals surface area contributed by atoms with Crippen LogP contribution in [0.25, 0.3) is 0 Å². The molecule has 3 aromatic rings. The summed E-state index contributed by atoms with van der Waals surface area (Å²) in [4.78, 5) is 10.5. The second kappa shape index (κ2) is 6.79.